The number of nitrogens with zero attached hydrogens (tertiary/aromatic N) is 12. The maximum atomic E-state index is 13.8. The van der Waals surface area contributed by atoms with Crippen molar-refractivity contribution in [3.05, 3.63) is 114 Å². The van der Waals surface area contributed by atoms with Crippen molar-refractivity contribution < 1.29 is 72.0 Å². The smallest absolute Gasteiger partial charge is 0.389 e. The van der Waals surface area contributed by atoms with Gasteiger partial charge in [0.05, 0.1) is 47.3 Å². The molecule has 8 aromatic heterocycles. The third kappa shape index (κ3) is 25.7. The van der Waals surface area contributed by atoms with Crippen LogP contribution in [0.1, 0.15) is 355 Å². The molecular weight excluding hydrogens is 1930 g/mol. The molecule has 0 aromatic carbocycles. The molecule has 786 valence electrons. The molecule has 8 aliphatic heterocycles. The Bertz CT molecular complexity index is 6070. The Morgan fingerprint density at radius 3 is 0.834 bits per heavy atom. The highest BCUT2D eigenvalue weighted by molar-refractivity contribution is 7.18. The highest BCUT2D eigenvalue weighted by Crippen LogP contribution is 2.54. The topological polar surface area (TPSA) is 430 Å². The minimum Gasteiger partial charge on any atom is -0.389 e. The number of aromatic nitrogens is 8. The minimum atomic E-state index is -4.28. The second-order valence-corrected chi connectivity index (χ2v) is 50.4. The Morgan fingerprint density at radius 1 is 0.366 bits per heavy atom. The van der Waals surface area contributed by atoms with Crippen molar-refractivity contribution in [3.63, 3.8) is 0 Å². The molecule has 0 unspecified atom stereocenters. The van der Waals surface area contributed by atoms with Crippen molar-refractivity contribution >= 4 is 116 Å². The fraction of sp³-hybridized carbons (Fsp3) is 0.623. The molecule has 10 fully saturated rings. The van der Waals surface area contributed by atoms with E-state index in [1.165, 1.54) is 53.0 Å². The van der Waals surface area contributed by atoms with Crippen LogP contribution in [0.25, 0.3) is 41.8 Å². The van der Waals surface area contributed by atoms with Gasteiger partial charge in [-0.05, 0) is 303 Å². The fourth-order valence-electron chi connectivity index (χ4n) is 20.9. The number of alkyl halides is 3. The van der Waals surface area contributed by atoms with Crippen molar-refractivity contribution in [1.82, 2.24) is 80.7 Å². The zero-order valence-electron chi connectivity index (χ0n) is 87.3. The van der Waals surface area contributed by atoms with E-state index < -0.39 is 51.7 Å². The van der Waals surface area contributed by atoms with E-state index in [-0.39, 0.29) is 166 Å². The summed E-state index contributed by atoms with van der Waals surface area (Å²) in [5.41, 5.74) is 1.82. The largest absolute Gasteiger partial charge is 0.396 e. The van der Waals surface area contributed by atoms with Gasteiger partial charge in [-0.3, -0.25) is 38.4 Å². The van der Waals surface area contributed by atoms with Gasteiger partial charge in [-0.1, -0.05) is 34.1 Å². The lowest BCUT2D eigenvalue weighted by Crippen LogP contribution is -2.48. The zero-order valence-corrected chi connectivity index (χ0v) is 90.6. The Labute approximate surface area is 864 Å². The zero-order chi connectivity index (χ0) is 105. The number of amides is 8. The quantitative estimate of drug-likeness (QED) is 0.0192. The minimum absolute atomic E-state index is 0.0145. The number of carbonyl (C=O) groups is 8. The predicted octanol–water partition coefficient (Wildman–Crippen LogP) is 17.9. The number of anilines is 4. The molecule has 2 aliphatic carbocycles. The standard InChI is InChI=1S/C27H34F3N5O3S.C27H37N5O3S.2C26H37N5O3S/c1-15-11-19(32-14-26(9-4-10-26)27(28,29)30)31-12-18(15)21-20(24(37)35-16-5-6-17(35)8-7-16)34-23(39-21)22(36)33-13-25(2,3)38;1-15-12-20(31-27(4,5)16-6-7-16)28-13-19(15)22-21(25(34)32-17-8-9-18(32)11-10-17)30-24(36-22)23(33)29-14-26(2,3)35;1-15-11-19(28-13-25(2,3)4)27-12-18(15)21-20(24(33)31-16-7-8-17(31)10-9-16)30-23(35-21)22(32)29-14-26(5,6)34;1-7-25(3,4)30-19-12-15(2)18(13-27-19)21-20(24(33)31-16-8-9-17(31)11-10-16)29-23(35-21)22(32)28-14-26(5,6)34/h11-12,16-17,38H,4-10,13-14H2,1-3H3,(H,31,32)(H,33,36);12-13,16-18,35H,6-11,14H2,1-5H3,(H,28,31)(H,29,33);11-12,16-17,34H,7-10,13-14H2,1-6H3,(H,27,28)(H,29,32);12-13,16-17,34H,7-11,14H2,1-6H3,(H,27,30)(H,28,32). The lowest BCUT2D eigenvalue weighted by atomic mass is 9.68. The van der Waals surface area contributed by atoms with E-state index in [0.29, 0.717) is 65.9 Å². The summed E-state index contributed by atoms with van der Waals surface area (Å²) in [5, 5.41) is 64.9. The molecule has 10 aliphatic rings. The highest BCUT2D eigenvalue weighted by Gasteiger charge is 2.58. The number of rotatable bonds is 31. The van der Waals surface area contributed by atoms with E-state index in [0.717, 1.165) is 178 Å². The molecule has 32 nitrogen and oxygen atoms in total. The van der Waals surface area contributed by atoms with E-state index >= 15 is 0 Å². The predicted molar refractivity (Wildman–Crippen MR) is 561 cm³/mol. The van der Waals surface area contributed by atoms with Crippen LogP contribution in [0.2, 0.25) is 0 Å². The summed E-state index contributed by atoms with van der Waals surface area (Å²) in [6, 6.07) is 9.55. The van der Waals surface area contributed by atoms with Gasteiger partial charge in [0, 0.05) is 146 Å². The summed E-state index contributed by atoms with van der Waals surface area (Å²) in [6.45, 7) is 38.8. The van der Waals surface area contributed by atoms with Gasteiger partial charge in [0.15, 0.2) is 20.0 Å². The molecular formula is C106H145F3N20O12S4. The summed E-state index contributed by atoms with van der Waals surface area (Å²) in [5.74, 6) is 1.17. The van der Waals surface area contributed by atoms with Crippen molar-refractivity contribution in [2.45, 2.75) is 368 Å². The number of aliphatic hydroxyl groups is 4. The van der Waals surface area contributed by atoms with Crippen LogP contribution in [0.15, 0.2) is 49.1 Å². The molecule has 8 aromatic rings. The molecule has 8 amide bonds. The number of aryl methyl sites for hydroxylation is 4. The number of hydrogen-bond acceptors (Lipinski definition) is 28. The fourth-order valence-corrected chi connectivity index (χ4v) is 25.1. The number of nitrogens with one attached hydrogen (secondary N) is 8. The highest BCUT2D eigenvalue weighted by atomic mass is 32.1. The van der Waals surface area contributed by atoms with Crippen molar-refractivity contribution in [1.29, 1.82) is 0 Å². The van der Waals surface area contributed by atoms with E-state index in [9.17, 15) is 72.0 Å². The van der Waals surface area contributed by atoms with Gasteiger partial charge in [0.2, 0.25) is 0 Å². The van der Waals surface area contributed by atoms with Gasteiger partial charge >= 0.3 is 6.18 Å². The second kappa shape index (κ2) is 42.7. The van der Waals surface area contributed by atoms with E-state index in [4.69, 9.17) is 0 Å². The van der Waals surface area contributed by atoms with Crippen LogP contribution in [0.4, 0.5) is 36.4 Å². The first-order valence-electron chi connectivity index (χ1n) is 51.3. The molecule has 18 rings (SSSR count). The first kappa shape index (κ1) is 109. The molecule has 0 spiro atoms. The molecule has 39 heteroatoms. The average molecular weight is 2080 g/mol. The number of carbonyl (C=O) groups excluding carboxylic acids is 8. The van der Waals surface area contributed by atoms with Crippen molar-refractivity contribution in [2.75, 3.05) is 60.5 Å². The third-order valence-corrected chi connectivity index (χ3v) is 34.1. The Kier molecular flexibility index (Phi) is 32.1. The van der Waals surface area contributed by atoms with Gasteiger partial charge in [0.1, 0.15) is 46.0 Å². The molecule has 145 heavy (non-hydrogen) atoms. The van der Waals surface area contributed by atoms with Gasteiger partial charge in [-0.15, -0.1) is 45.3 Å². The lowest BCUT2D eigenvalue weighted by molar-refractivity contribution is -0.244. The monoisotopic (exact) mass is 2080 g/mol. The number of thiazole rings is 4. The number of pyridine rings is 4. The van der Waals surface area contributed by atoms with Crippen LogP contribution in [-0.2, 0) is 0 Å². The van der Waals surface area contributed by atoms with Crippen LogP contribution in [0, 0.1) is 44.4 Å². The van der Waals surface area contributed by atoms with E-state index in [1.807, 2.05) is 58.6 Å². The lowest BCUT2D eigenvalue weighted by Gasteiger charge is -2.43. The summed E-state index contributed by atoms with van der Waals surface area (Å²) in [7, 11) is 0. The van der Waals surface area contributed by atoms with Gasteiger partial charge < -0.3 is 82.6 Å². The maximum Gasteiger partial charge on any atom is 0.396 e. The summed E-state index contributed by atoms with van der Waals surface area (Å²) in [6.07, 6.45) is 23.0. The van der Waals surface area contributed by atoms with Crippen LogP contribution in [-0.4, -0.2) is 254 Å². The summed E-state index contributed by atoms with van der Waals surface area (Å²) < 4.78 is 40.7. The maximum absolute atomic E-state index is 13.8. The molecule has 16 heterocycles. The van der Waals surface area contributed by atoms with Gasteiger partial charge in [-0.2, -0.15) is 13.2 Å². The van der Waals surface area contributed by atoms with Crippen LogP contribution < -0.4 is 42.5 Å². The second-order valence-electron chi connectivity index (χ2n) is 46.4. The Hall–Kier alpha value is -10.3. The third-order valence-electron chi connectivity index (χ3n) is 29.7. The molecule has 8 bridgehead atoms. The van der Waals surface area contributed by atoms with E-state index in [1.54, 1.807) is 87.0 Å². The van der Waals surface area contributed by atoms with Crippen molar-refractivity contribution in [2.24, 2.45) is 16.7 Å². The van der Waals surface area contributed by atoms with Crippen LogP contribution in [0.5, 0.6) is 0 Å². The van der Waals surface area contributed by atoms with Crippen LogP contribution in [0.3, 0.4) is 0 Å². The average Bonchev–Trinajstić information content (AvgIpc) is 1.56. The molecule has 2 saturated carbocycles. The number of halogens is 3. The van der Waals surface area contributed by atoms with Crippen LogP contribution >= 0.6 is 45.3 Å². The van der Waals surface area contributed by atoms with E-state index in [2.05, 4.69) is 138 Å². The van der Waals surface area contributed by atoms with Crippen molar-refractivity contribution in [3.8, 4) is 41.8 Å². The molecule has 8 saturated heterocycles. The summed E-state index contributed by atoms with van der Waals surface area (Å²) in [4.78, 5) is 153. The number of hydrogen-bond donors (Lipinski definition) is 12. The summed E-state index contributed by atoms with van der Waals surface area (Å²) >= 11 is 4.70. The first-order chi connectivity index (χ1) is 67.9. The Morgan fingerprint density at radius 2 is 0.614 bits per heavy atom. The number of fused-ring (bicyclic) bond motifs is 8. The molecule has 12 N–H and O–H groups in total. The molecule has 0 atom stereocenters. The first-order valence-corrected chi connectivity index (χ1v) is 54.5. The normalized spacial score (nSPS) is 20.9. The Balaban J connectivity index is 0.000000145. The van der Waals surface area contributed by atoms with Gasteiger partial charge in [0.25, 0.3) is 47.3 Å². The van der Waals surface area contributed by atoms with Gasteiger partial charge in [-0.25, -0.2) is 39.9 Å². The molecule has 0 radical (unpaired) electrons. The SMILES string of the molecule is CCC(C)(C)Nc1cc(C)c(-c2sc(C(=O)NCC(C)(C)O)nc2C(=O)N2C3CCC2CC3)cn1.Cc1cc(NC(C)(C)C2CC2)ncc1-c1sc(C(=O)NCC(C)(C)O)nc1C(=O)N1C2CCC1CC2.Cc1cc(NCC(C)(C)C)ncc1-c1sc(C(=O)NCC(C)(C)O)nc1C(=O)N1C2CCC1CC2.Cc1cc(NCC2(C(F)(F)F)CCC2)ncc1-c1sc(C(=O)NCC(C)(C)O)nc1C(=O)N1C2CCC1CC2.